The molecule has 0 aromatic heterocycles. The molecule has 2 rings (SSSR count). The second kappa shape index (κ2) is 8.32. The van der Waals surface area contributed by atoms with E-state index in [1.165, 1.54) is 12.8 Å². The van der Waals surface area contributed by atoms with Crippen LogP contribution in [0.2, 0.25) is 0 Å². The number of carbonyl (C=O) groups is 2. The maximum Gasteiger partial charge on any atom is 0.233 e. The molecule has 0 saturated heterocycles. The van der Waals surface area contributed by atoms with E-state index in [4.69, 9.17) is 0 Å². The molecule has 120 valence electrons. The van der Waals surface area contributed by atoms with Gasteiger partial charge in [-0.2, -0.15) is 0 Å². The highest BCUT2D eigenvalue weighted by molar-refractivity contribution is 9.10. The number of anilines is 1. The van der Waals surface area contributed by atoms with Crippen LogP contribution in [0.5, 0.6) is 0 Å². The fourth-order valence-electron chi connectivity index (χ4n) is 2.72. The first-order chi connectivity index (χ1) is 10.5. The van der Waals surface area contributed by atoms with E-state index in [0.29, 0.717) is 5.69 Å². The number of hydrogen-bond acceptors (Lipinski definition) is 2. The van der Waals surface area contributed by atoms with Crippen molar-refractivity contribution in [1.82, 2.24) is 5.32 Å². The summed E-state index contributed by atoms with van der Waals surface area (Å²) in [4.78, 5) is 23.9. The lowest BCUT2D eigenvalue weighted by atomic mass is 10.1. The van der Waals surface area contributed by atoms with E-state index < -0.39 is 0 Å². The molecule has 1 aromatic carbocycles. The Morgan fingerprint density at radius 3 is 2.45 bits per heavy atom. The minimum atomic E-state index is -0.276. The van der Waals surface area contributed by atoms with Crippen LogP contribution < -0.4 is 10.6 Å². The number of hydrogen-bond donors (Lipinski definition) is 2. The molecule has 0 atom stereocenters. The van der Waals surface area contributed by atoms with Crippen molar-refractivity contribution in [1.29, 1.82) is 0 Å². The fraction of sp³-hybridized carbons (Fsp3) is 0.529. The van der Waals surface area contributed by atoms with Gasteiger partial charge in [-0.3, -0.25) is 9.59 Å². The summed E-state index contributed by atoms with van der Waals surface area (Å²) in [5.41, 5.74) is 1.80. The van der Waals surface area contributed by atoms with Crippen molar-refractivity contribution < 1.29 is 9.59 Å². The maximum absolute atomic E-state index is 12.0. The Bertz CT molecular complexity index is 537. The van der Waals surface area contributed by atoms with Crippen LogP contribution in [-0.4, -0.2) is 17.9 Å². The van der Waals surface area contributed by atoms with Gasteiger partial charge in [0.1, 0.15) is 6.42 Å². The summed E-state index contributed by atoms with van der Waals surface area (Å²) >= 11 is 3.43. The zero-order valence-electron chi connectivity index (χ0n) is 13.0. The molecular formula is C17H23BrN2O2. The van der Waals surface area contributed by atoms with E-state index in [0.717, 1.165) is 35.7 Å². The minimum absolute atomic E-state index is 0.123. The van der Waals surface area contributed by atoms with Gasteiger partial charge in [0, 0.05) is 16.2 Å². The van der Waals surface area contributed by atoms with Crippen LogP contribution in [0.1, 0.15) is 50.5 Å². The van der Waals surface area contributed by atoms with Crippen LogP contribution >= 0.6 is 15.9 Å². The molecule has 5 heteroatoms. The quantitative estimate of drug-likeness (QED) is 0.626. The monoisotopic (exact) mass is 366 g/mol. The zero-order valence-corrected chi connectivity index (χ0v) is 14.5. The number of rotatable bonds is 4. The molecule has 0 spiro atoms. The van der Waals surface area contributed by atoms with E-state index >= 15 is 0 Å². The van der Waals surface area contributed by atoms with E-state index in [1.54, 1.807) is 0 Å². The predicted octanol–water partition coefficient (Wildman–Crippen LogP) is 3.93. The molecule has 1 aliphatic rings. The van der Waals surface area contributed by atoms with Gasteiger partial charge in [-0.25, -0.2) is 0 Å². The highest BCUT2D eigenvalue weighted by Crippen LogP contribution is 2.21. The Balaban J connectivity index is 1.80. The average Bonchev–Trinajstić information content (AvgIpc) is 2.71. The topological polar surface area (TPSA) is 58.2 Å². The smallest absolute Gasteiger partial charge is 0.233 e. The molecule has 1 aliphatic carbocycles. The van der Waals surface area contributed by atoms with Crippen molar-refractivity contribution in [2.75, 3.05) is 5.32 Å². The average molecular weight is 367 g/mol. The molecule has 0 unspecified atom stereocenters. The molecule has 0 heterocycles. The van der Waals surface area contributed by atoms with Crippen molar-refractivity contribution in [3.63, 3.8) is 0 Å². The van der Waals surface area contributed by atoms with E-state index in [2.05, 4.69) is 26.6 Å². The number of aryl methyl sites for hydroxylation is 1. The van der Waals surface area contributed by atoms with Gasteiger partial charge in [0.15, 0.2) is 0 Å². The summed E-state index contributed by atoms with van der Waals surface area (Å²) in [5.74, 6) is -0.461. The third-order valence-electron chi connectivity index (χ3n) is 4.00. The molecule has 1 fully saturated rings. The maximum atomic E-state index is 12.0. The second-order valence-corrected chi connectivity index (χ2v) is 6.80. The minimum Gasteiger partial charge on any atom is -0.353 e. The van der Waals surface area contributed by atoms with Gasteiger partial charge in [-0.05, 0) is 37.5 Å². The number of carbonyl (C=O) groups excluding carboxylic acids is 2. The van der Waals surface area contributed by atoms with Gasteiger partial charge in [-0.1, -0.05) is 47.7 Å². The highest BCUT2D eigenvalue weighted by atomic mass is 79.9. The Morgan fingerprint density at radius 1 is 1.14 bits per heavy atom. The molecule has 1 saturated carbocycles. The van der Waals surface area contributed by atoms with Gasteiger partial charge in [0.25, 0.3) is 0 Å². The summed E-state index contributed by atoms with van der Waals surface area (Å²) in [7, 11) is 0. The molecule has 2 N–H and O–H groups in total. The predicted molar refractivity (Wildman–Crippen MR) is 91.8 cm³/mol. The van der Waals surface area contributed by atoms with Crippen LogP contribution in [-0.2, 0) is 9.59 Å². The SMILES string of the molecule is Cc1ccc(NC(=O)CC(=O)NC2CCCCCC2)cc1Br. The molecule has 0 bridgehead atoms. The van der Waals surface area contributed by atoms with Crippen molar-refractivity contribution >= 4 is 33.4 Å². The molecule has 22 heavy (non-hydrogen) atoms. The van der Waals surface area contributed by atoms with Crippen molar-refractivity contribution in [3.05, 3.63) is 28.2 Å². The van der Waals surface area contributed by atoms with Crippen LogP contribution in [0.3, 0.4) is 0 Å². The molecule has 0 radical (unpaired) electrons. The summed E-state index contributed by atoms with van der Waals surface area (Å²) in [5, 5.41) is 5.75. The Morgan fingerprint density at radius 2 is 1.82 bits per heavy atom. The third kappa shape index (κ3) is 5.44. The van der Waals surface area contributed by atoms with Gasteiger partial charge in [0.05, 0.1) is 0 Å². The molecular weight excluding hydrogens is 344 g/mol. The first-order valence-electron chi connectivity index (χ1n) is 7.90. The Labute approximate surface area is 140 Å². The molecule has 1 aromatic rings. The number of halogens is 1. The van der Waals surface area contributed by atoms with Gasteiger partial charge >= 0.3 is 0 Å². The van der Waals surface area contributed by atoms with Crippen molar-refractivity contribution in [3.8, 4) is 0 Å². The van der Waals surface area contributed by atoms with Crippen molar-refractivity contribution in [2.45, 2.75) is 57.9 Å². The van der Waals surface area contributed by atoms with Crippen LogP contribution in [0.25, 0.3) is 0 Å². The molecule has 4 nitrogen and oxygen atoms in total. The third-order valence-corrected chi connectivity index (χ3v) is 4.85. The number of amides is 2. The lowest BCUT2D eigenvalue weighted by Crippen LogP contribution is -2.36. The second-order valence-electron chi connectivity index (χ2n) is 5.94. The Hall–Kier alpha value is -1.36. The largest absolute Gasteiger partial charge is 0.353 e. The van der Waals surface area contributed by atoms with Crippen LogP contribution in [0.15, 0.2) is 22.7 Å². The van der Waals surface area contributed by atoms with E-state index in [-0.39, 0.29) is 24.3 Å². The van der Waals surface area contributed by atoms with Gasteiger partial charge < -0.3 is 10.6 Å². The highest BCUT2D eigenvalue weighted by Gasteiger charge is 2.16. The van der Waals surface area contributed by atoms with Crippen molar-refractivity contribution in [2.24, 2.45) is 0 Å². The first-order valence-corrected chi connectivity index (χ1v) is 8.69. The lowest BCUT2D eigenvalue weighted by molar-refractivity contribution is -0.127. The number of nitrogens with one attached hydrogen (secondary N) is 2. The fourth-order valence-corrected chi connectivity index (χ4v) is 3.10. The summed E-state index contributed by atoms with van der Waals surface area (Å²) in [6.45, 7) is 1.98. The molecule has 2 amide bonds. The summed E-state index contributed by atoms with van der Waals surface area (Å²) in [6.07, 6.45) is 6.74. The van der Waals surface area contributed by atoms with Crippen LogP contribution in [0, 0.1) is 6.92 Å². The Kier molecular flexibility index (Phi) is 6.43. The van der Waals surface area contributed by atoms with Gasteiger partial charge in [-0.15, -0.1) is 0 Å². The summed E-state index contributed by atoms with van der Waals surface area (Å²) < 4.78 is 0.938. The first kappa shape index (κ1) is 17.0. The lowest BCUT2D eigenvalue weighted by Gasteiger charge is -2.16. The van der Waals surface area contributed by atoms with E-state index in [1.807, 2.05) is 25.1 Å². The molecule has 0 aliphatic heterocycles. The summed E-state index contributed by atoms with van der Waals surface area (Å²) in [6, 6.07) is 5.83. The number of benzene rings is 1. The standard InChI is InChI=1S/C17H23BrN2O2/c1-12-8-9-14(10-15(12)18)20-17(22)11-16(21)19-13-6-4-2-3-5-7-13/h8-10,13H,2-7,11H2,1H3,(H,19,21)(H,20,22). The normalized spacial score (nSPS) is 15.9. The van der Waals surface area contributed by atoms with Gasteiger partial charge in [0.2, 0.25) is 11.8 Å². The van der Waals surface area contributed by atoms with E-state index in [9.17, 15) is 9.59 Å². The zero-order chi connectivity index (χ0) is 15.9. The van der Waals surface area contributed by atoms with Crippen LogP contribution in [0.4, 0.5) is 5.69 Å².